The first-order valence-corrected chi connectivity index (χ1v) is 11.8. The van der Waals surface area contributed by atoms with E-state index in [-0.39, 0.29) is 6.61 Å². The van der Waals surface area contributed by atoms with Crippen molar-refractivity contribution in [3.05, 3.63) is 24.3 Å². The van der Waals surface area contributed by atoms with Crippen LogP contribution in [-0.4, -0.2) is 54.8 Å². The molecule has 1 aliphatic rings. The van der Waals surface area contributed by atoms with Gasteiger partial charge in [0.15, 0.2) is 5.84 Å². The fraction of sp³-hybridized carbons (Fsp3) is 0.792. The van der Waals surface area contributed by atoms with Gasteiger partial charge in [-0.2, -0.15) is 0 Å². The average Bonchev–Trinajstić information content (AvgIpc) is 3.07. The van der Waals surface area contributed by atoms with Crippen LogP contribution in [0.4, 0.5) is 0 Å². The number of quaternary nitrogens is 1. The Balaban J connectivity index is 2.05. The molecule has 28 heavy (non-hydrogen) atoms. The highest BCUT2D eigenvalue weighted by Crippen LogP contribution is 2.19. The van der Waals surface area contributed by atoms with E-state index >= 15 is 0 Å². The third-order valence-corrected chi connectivity index (χ3v) is 5.81. The molecule has 0 radical (unpaired) electrons. The van der Waals surface area contributed by atoms with Crippen molar-refractivity contribution in [3.8, 4) is 0 Å². The van der Waals surface area contributed by atoms with Gasteiger partial charge >= 0.3 is 0 Å². The van der Waals surface area contributed by atoms with E-state index in [1.807, 2.05) is 0 Å². The third-order valence-electron chi connectivity index (χ3n) is 5.81. The van der Waals surface area contributed by atoms with Gasteiger partial charge in [0.25, 0.3) is 0 Å². The summed E-state index contributed by atoms with van der Waals surface area (Å²) in [5, 5.41) is 9.41. The van der Waals surface area contributed by atoms with E-state index < -0.39 is 0 Å². The number of hydrogen-bond acceptors (Lipinski definition) is 3. The summed E-state index contributed by atoms with van der Waals surface area (Å²) in [7, 11) is 0. The van der Waals surface area contributed by atoms with Crippen LogP contribution in [0.15, 0.2) is 29.3 Å². The molecular formula is C24H46N3O+. The van der Waals surface area contributed by atoms with Gasteiger partial charge in [0.05, 0.1) is 19.7 Å². The van der Waals surface area contributed by atoms with Gasteiger partial charge < -0.3 is 10.8 Å². The van der Waals surface area contributed by atoms with Crippen LogP contribution in [0.1, 0.15) is 84.0 Å². The highest BCUT2D eigenvalue weighted by atomic mass is 16.3. The van der Waals surface area contributed by atoms with Gasteiger partial charge in [-0.1, -0.05) is 63.3 Å². The molecule has 1 heterocycles. The molecule has 0 saturated carbocycles. The molecule has 1 aliphatic heterocycles. The zero-order valence-corrected chi connectivity index (χ0v) is 18.5. The first-order chi connectivity index (χ1) is 13.8. The molecule has 1 atom stereocenters. The van der Waals surface area contributed by atoms with Crippen LogP contribution in [0, 0.1) is 0 Å². The van der Waals surface area contributed by atoms with Crippen molar-refractivity contribution in [1.82, 2.24) is 0 Å². The minimum atomic E-state index is 0.216. The van der Waals surface area contributed by atoms with Gasteiger partial charge in [-0.25, -0.2) is 4.99 Å². The summed E-state index contributed by atoms with van der Waals surface area (Å²) < 4.78 is 0.826. The van der Waals surface area contributed by atoms with Crippen molar-refractivity contribution in [2.75, 3.05) is 39.3 Å². The summed E-state index contributed by atoms with van der Waals surface area (Å²) in [5.74, 6) is 1.26. The van der Waals surface area contributed by atoms with Crippen LogP contribution in [0.3, 0.4) is 0 Å². The Labute approximate surface area is 174 Å². The van der Waals surface area contributed by atoms with Crippen LogP contribution in [0.2, 0.25) is 0 Å². The number of nitrogens with two attached hydrogens (primary N) is 1. The lowest BCUT2D eigenvalue weighted by molar-refractivity contribution is -0.835. The molecule has 1 rings (SSSR count). The predicted octanol–water partition coefficient (Wildman–Crippen LogP) is 4.98. The summed E-state index contributed by atoms with van der Waals surface area (Å²) >= 11 is 0. The minimum absolute atomic E-state index is 0.216. The van der Waals surface area contributed by atoms with Crippen LogP contribution in [0.25, 0.3) is 0 Å². The molecule has 0 bridgehead atoms. The molecule has 0 aromatic carbocycles. The summed E-state index contributed by atoms with van der Waals surface area (Å²) in [4.78, 5) is 4.73. The lowest BCUT2D eigenvalue weighted by Crippen LogP contribution is -2.54. The Morgan fingerprint density at radius 3 is 2.29 bits per heavy atom. The minimum Gasteiger partial charge on any atom is -0.390 e. The Kier molecular flexibility index (Phi) is 15.2. The lowest BCUT2D eigenvalue weighted by Gasteiger charge is -2.34. The van der Waals surface area contributed by atoms with Crippen molar-refractivity contribution in [1.29, 1.82) is 0 Å². The quantitative estimate of drug-likeness (QED) is 0.196. The Hall–Kier alpha value is -0.970. The van der Waals surface area contributed by atoms with E-state index in [1.54, 1.807) is 0 Å². The standard InChI is InChI=1S/C24H46N3O/c1-2-3-4-5-6-7-8-9-10-11-12-13-14-15-16-17-24-26-19-21-27(24,20-18-25)22-23-28/h9-10,12-13,28H,2-8,11,14-23,25H2,1H3/q+1/b10-9+,13-12+. The Morgan fingerprint density at radius 1 is 0.929 bits per heavy atom. The molecule has 0 aromatic heterocycles. The number of rotatable bonds is 18. The molecule has 0 fully saturated rings. The SMILES string of the molecule is CCCCCCCC/C=C/C/C=C/CCCCC1=NCC[N+]1(CCN)CCO. The number of allylic oxidation sites excluding steroid dienone is 4. The van der Waals surface area contributed by atoms with Gasteiger partial charge in [0.2, 0.25) is 0 Å². The lowest BCUT2D eigenvalue weighted by atomic mass is 10.1. The first-order valence-electron chi connectivity index (χ1n) is 11.8. The first kappa shape index (κ1) is 25.1. The van der Waals surface area contributed by atoms with Gasteiger partial charge in [0.1, 0.15) is 13.1 Å². The van der Waals surface area contributed by atoms with E-state index in [4.69, 9.17) is 10.7 Å². The van der Waals surface area contributed by atoms with Crippen molar-refractivity contribution >= 4 is 5.84 Å². The second-order valence-corrected chi connectivity index (χ2v) is 8.11. The molecule has 4 nitrogen and oxygen atoms in total. The number of nitrogens with zero attached hydrogens (tertiary/aromatic N) is 2. The molecule has 0 aromatic rings. The van der Waals surface area contributed by atoms with Gasteiger partial charge in [-0.3, -0.25) is 4.48 Å². The normalized spacial score (nSPS) is 19.9. The highest BCUT2D eigenvalue weighted by Gasteiger charge is 2.36. The second-order valence-electron chi connectivity index (χ2n) is 8.11. The Morgan fingerprint density at radius 2 is 1.61 bits per heavy atom. The number of hydrogen-bond donors (Lipinski definition) is 2. The summed E-state index contributed by atoms with van der Waals surface area (Å²) in [6.45, 7) is 6.72. The smallest absolute Gasteiger partial charge is 0.198 e. The molecule has 0 aliphatic carbocycles. The van der Waals surface area contributed by atoms with Crippen molar-refractivity contribution < 1.29 is 9.59 Å². The maximum Gasteiger partial charge on any atom is 0.198 e. The number of unbranched alkanes of at least 4 members (excludes halogenated alkanes) is 8. The molecule has 3 N–H and O–H groups in total. The third kappa shape index (κ3) is 10.5. The molecular weight excluding hydrogens is 346 g/mol. The largest absolute Gasteiger partial charge is 0.390 e. The average molecular weight is 393 g/mol. The monoisotopic (exact) mass is 392 g/mol. The van der Waals surface area contributed by atoms with E-state index in [9.17, 15) is 5.11 Å². The molecule has 4 heteroatoms. The second kappa shape index (κ2) is 16.9. The van der Waals surface area contributed by atoms with Crippen molar-refractivity contribution in [2.45, 2.75) is 84.0 Å². The maximum absolute atomic E-state index is 9.41. The molecule has 0 amide bonds. The van der Waals surface area contributed by atoms with E-state index in [0.29, 0.717) is 6.54 Å². The topological polar surface area (TPSA) is 58.6 Å². The molecule has 0 saturated heterocycles. The summed E-state index contributed by atoms with van der Waals surface area (Å²) in [5.41, 5.74) is 5.80. The number of aliphatic hydroxyl groups excluding tert-OH is 1. The van der Waals surface area contributed by atoms with E-state index in [1.165, 1.54) is 63.6 Å². The van der Waals surface area contributed by atoms with Gasteiger partial charge in [-0.15, -0.1) is 0 Å². The van der Waals surface area contributed by atoms with Gasteiger partial charge in [0, 0.05) is 13.0 Å². The fourth-order valence-corrected chi connectivity index (χ4v) is 4.09. The molecule has 0 spiro atoms. The maximum atomic E-state index is 9.41. The van der Waals surface area contributed by atoms with Crippen LogP contribution < -0.4 is 5.73 Å². The van der Waals surface area contributed by atoms with Crippen LogP contribution in [-0.2, 0) is 0 Å². The number of aliphatic imine (C=N–C) groups is 1. The zero-order chi connectivity index (χ0) is 20.3. The van der Waals surface area contributed by atoms with Crippen LogP contribution >= 0.6 is 0 Å². The van der Waals surface area contributed by atoms with Crippen molar-refractivity contribution in [3.63, 3.8) is 0 Å². The van der Waals surface area contributed by atoms with E-state index in [0.717, 1.165) is 49.9 Å². The predicted molar refractivity (Wildman–Crippen MR) is 123 cm³/mol. The van der Waals surface area contributed by atoms with Crippen molar-refractivity contribution in [2.24, 2.45) is 10.7 Å². The van der Waals surface area contributed by atoms with Gasteiger partial charge in [-0.05, 0) is 38.5 Å². The Bertz CT molecular complexity index is 451. The summed E-state index contributed by atoms with van der Waals surface area (Å²) in [6.07, 6.45) is 24.4. The number of aliphatic hydroxyl groups is 1. The summed E-state index contributed by atoms with van der Waals surface area (Å²) in [6, 6.07) is 0. The zero-order valence-electron chi connectivity index (χ0n) is 18.5. The number of amidine groups is 1. The molecule has 162 valence electrons. The van der Waals surface area contributed by atoms with Crippen LogP contribution in [0.5, 0.6) is 0 Å². The van der Waals surface area contributed by atoms with E-state index in [2.05, 4.69) is 31.2 Å². The fourth-order valence-electron chi connectivity index (χ4n) is 4.09. The molecule has 1 unspecified atom stereocenters. The highest BCUT2D eigenvalue weighted by molar-refractivity contribution is 5.76.